The lowest BCUT2D eigenvalue weighted by Crippen LogP contribution is -2.25. The van der Waals surface area contributed by atoms with Crippen molar-refractivity contribution in [3.05, 3.63) is 58.6 Å². The van der Waals surface area contributed by atoms with Crippen LogP contribution in [0.4, 0.5) is 0 Å². The molecule has 20 heteroatoms. The van der Waals surface area contributed by atoms with E-state index in [2.05, 4.69) is 20.8 Å². The zero-order valence-electron chi connectivity index (χ0n) is 18.8. The summed E-state index contributed by atoms with van der Waals surface area (Å²) in [6.45, 7) is 0. The SMILES string of the molecule is O.O.O=C1CS/C(=N\NS(=O)(=O)c2ccc(Cl)cc2)N1.O=C1CS/C(=N\NS(=O)(=O)c2ccc(Cl)cc2)N1. The minimum Gasteiger partial charge on any atom is -0.412 e. The van der Waals surface area contributed by atoms with Crippen LogP contribution in [0.1, 0.15) is 0 Å². The molecule has 208 valence electrons. The van der Waals surface area contributed by atoms with E-state index in [4.69, 9.17) is 23.2 Å². The van der Waals surface area contributed by atoms with E-state index < -0.39 is 20.0 Å². The highest BCUT2D eigenvalue weighted by Crippen LogP contribution is 2.16. The molecule has 0 saturated carbocycles. The van der Waals surface area contributed by atoms with Crippen molar-refractivity contribution in [3.8, 4) is 0 Å². The lowest BCUT2D eigenvalue weighted by Gasteiger charge is -2.03. The third-order valence-corrected chi connectivity index (χ3v) is 8.65. The number of hydrazone groups is 2. The Hall–Kier alpha value is -2.58. The lowest BCUT2D eigenvalue weighted by atomic mass is 10.4. The molecule has 0 atom stereocenters. The van der Waals surface area contributed by atoms with Crippen LogP contribution >= 0.6 is 46.7 Å². The maximum Gasteiger partial charge on any atom is 0.276 e. The number of benzene rings is 2. The van der Waals surface area contributed by atoms with Crippen molar-refractivity contribution in [3.63, 3.8) is 0 Å². The summed E-state index contributed by atoms with van der Waals surface area (Å²) in [5.74, 6) is 0.0668. The third kappa shape index (κ3) is 9.95. The first-order valence-electron chi connectivity index (χ1n) is 9.50. The van der Waals surface area contributed by atoms with Crippen LogP contribution in [0.3, 0.4) is 0 Å². The van der Waals surface area contributed by atoms with Gasteiger partial charge in [0.05, 0.1) is 21.3 Å². The normalized spacial score (nSPS) is 16.9. The largest absolute Gasteiger partial charge is 0.412 e. The number of thioether (sulfide) groups is 2. The molecule has 2 aromatic carbocycles. The molecule has 2 amide bonds. The third-order valence-electron chi connectivity index (χ3n) is 3.96. The van der Waals surface area contributed by atoms with Crippen molar-refractivity contribution in [1.29, 1.82) is 0 Å². The maximum absolute atomic E-state index is 11.8. The first-order valence-corrected chi connectivity index (χ1v) is 15.2. The smallest absolute Gasteiger partial charge is 0.276 e. The molecule has 0 radical (unpaired) electrons. The van der Waals surface area contributed by atoms with E-state index in [9.17, 15) is 26.4 Å². The fraction of sp³-hybridized carbons (Fsp3) is 0.111. The van der Waals surface area contributed by atoms with E-state index in [1.54, 1.807) is 0 Å². The van der Waals surface area contributed by atoms with E-state index in [-0.39, 0.29) is 54.4 Å². The van der Waals surface area contributed by atoms with E-state index in [1.165, 1.54) is 48.5 Å². The molecule has 8 N–H and O–H groups in total. The predicted molar refractivity (Wildman–Crippen MR) is 147 cm³/mol. The highest BCUT2D eigenvalue weighted by Gasteiger charge is 2.20. The molecule has 14 nitrogen and oxygen atoms in total. The van der Waals surface area contributed by atoms with E-state index in [1.807, 2.05) is 9.66 Å². The molecular formula is C18H20Cl2N6O8S4. The number of nitrogens with zero attached hydrogens (tertiary/aromatic N) is 2. The van der Waals surface area contributed by atoms with Crippen molar-refractivity contribution in [1.82, 2.24) is 20.3 Å². The fourth-order valence-corrected chi connectivity index (χ4v) is 5.57. The fourth-order valence-electron chi connectivity index (χ4n) is 2.31. The van der Waals surface area contributed by atoms with Crippen LogP contribution in [0.5, 0.6) is 0 Å². The number of amides is 2. The molecule has 0 aliphatic carbocycles. The quantitative estimate of drug-likeness (QED) is 0.307. The Labute approximate surface area is 235 Å². The first kappa shape index (κ1) is 33.4. The number of carbonyl (C=O) groups is 2. The zero-order valence-corrected chi connectivity index (χ0v) is 23.5. The second-order valence-electron chi connectivity index (χ2n) is 6.60. The minimum absolute atomic E-state index is 0. The summed E-state index contributed by atoms with van der Waals surface area (Å²) in [4.78, 5) is 25.9. The topological polar surface area (TPSA) is 238 Å². The van der Waals surface area contributed by atoms with Gasteiger partial charge in [0, 0.05) is 10.0 Å². The van der Waals surface area contributed by atoms with Gasteiger partial charge in [0.2, 0.25) is 11.8 Å². The summed E-state index contributed by atoms with van der Waals surface area (Å²) in [6, 6.07) is 11.3. The number of amidine groups is 2. The van der Waals surface area contributed by atoms with Crippen molar-refractivity contribution in [2.24, 2.45) is 10.2 Å². The Morgan fingerprint density at radius 2 is 0.974 bits per heavy atom. The molecule has 0 aromatic heterocycles. The molecule has 38 heavy (non-hydrogen) atoms. The van der Waals surface area contributed by atoms with Gasteiger partial charge in [-0.1, -0.05) is 46.7 Å². The first-order chi connectivity index (χ1) is 16.9. The Kier molecular flexibility index (Phi) is 12.8. The zero-order chi connectivity index (χ0) is 26.3. The van der Waals surface area contributed by atoms with Crippen molar-refractivity contribution >= 4 is 88.9 Å². The molecule has 2 fully saturated rings. The van der Waals surface area contributed by atoms with Gasteiger partial charge < -0.3 is 21.6 Å². The molecule has 2 heterocycles. The Morgan fingerprint density at radius 3 is 1.24 bits per heavy atom. The van der Waals surface area contributed by atoms with E-state index in [0.29, 0.717) is 10.0 Å². The van der Waals surface area contributed by atoms with Gasteiger partial charge in [-0.3, -0.25) is 9.59 Å². The Bertz CT molecular complexity index is 1310. The van der Waals surface area contributed by atoms with Gasteiger partial charge in [-0.05, 0) is 48.5 Å². The average molecular weight is 648 g/mol. The summed E-state index contributed by atoms with van der Waals surface area (Å²) in [5.41, 5.74) is 0. The highest BCUT2D eigenvalue weighted by molar-refractivity contribution is 8.15. The second kappa shape index (κ2) is 14.5. The molecule has 2 aliphatic rings. The van der Waals surface area contributed by atoms with Crippen molar-refractivity contribution in [2.75, 3.05) is 11.5 Å². The number of hydrogen-bond acceptors (Lipinski definition) is 10. The number of sulfonamides is 2. The Morgan fingerprint density at radius 1 is 0.658 bits per heavy atom. The molecule has 0 unspecified atom stereocenters. The monoisotopic (exact) mass is 646 g/mol. The minimum atomic E-state index is -3.74. The summed E-state index contributed by atoms with van der Waals surface area (Å²) in [6.07, 6.45) is 0. The predicted octanol–water partition coefficient (Wildman–Crippen LogP) is -0.145. The standard InChI is InChI=1S/2C9H8ClN3O3S2.2H2O/c2*10-6-1-3-7(4-2-6)18(15,16)13-12-9-11-8(14)5-17-9;;/h2*1-4,13H,5H2,(H,11,12,14);2*1H2. The molecular weight excluding hydrogens is 627 g/mol. The van der Waals surface area contributed by atoms with Gasteiger partial charge >= 0.3 is 0 Å². The van der Waals surface area contributed by atoms with Crippen molar-refractivity contribution < 1.29 is 37.4 Å². The number of rotatable bonds is 6. The summed E-state index contributed by atoms with van der Waals surface area (Å²) in [7, 11) is -7.49. The second-order valence-corrected chi connectivity index (χ2v) is 12.7. The van der Waals surface area contributed by atoms with Crippen molar-refractivity contribution in [2.45, 2.75) is 9.79 Å². The van der Waals surface area contributed by atoms with Crippen LogP contribution in [-0.4, -0.2) is 61.4 Å². The van der Waals surface area contributed by atoms with Gasteiger partial charge in [-0.15, -0.1) is 10.2 Å². The number of nitrogens with one attached hydrogen (secondary N) is 4. The summed E-state index contributed by atoms with van der Waals surface area (Å²) < 4.78 is 47.2. The van der Waals surface area contributed by atoms with Gasteiger partial charge in [0.15, 0.2) is 10.3 Å². The summed E-state index contributed by atoms with van der Waals surface area (Å²) >= 11 is 13.6. The van der Waals surface area contributed by atoms with Crippen LogP contribution in [0, 0.1) is 0 Å². The van der Waals surface area contributed by atoms with Gasteiger partial charge in [-0.25, -0.2) is 0 Å². The van der Waals surface area contributed by atoms with Crippen LogP contribution < -0.4 is 20.3 Å². The molecule has 2 aromatic rings. The number of halogens is 2. The molecule has 2 saturated heterocycles. The lowest BCUT2D eigenvalue weighted by molar-refractivity contribution is -0.117. The number of hydrogen-bond donors (Lipinski definition) is 4. The van der Waals surface area contributed by atoms with E-state index >= 15 is 0 Å². The average Bonchev–Trinajstić information content (AvgIpc) is 3.45. The van der Waals surface area contributed by atoms with Crippen LogP contribution in [0.2, 0.25) is 10.0 Å². The summed E-state index contributed by atoms with van der Waals surface area (Å²) in [5, 5.41) is 13.4. The maximum atomic E-state index is 11.8. The molecule has 0 bridgehead atoms. The van der Waals surface area contributed by atoms with Crippen LogP contribution in [-0.2, 0) is 29.6 Å². The molecule has 4 rings (SSSR count). The van der Waals surface area contributed by atoms with Gasteiger partial charge in [0.1, 0.15) is 0 Å². The Balaban J connectivity index is 0.000000361. The highest BCUT2D eigenvalue weighted by atomic mass is 35.5. The van der Waals surface area contributed by atoms with E-state index in [0.717, 1.165) is 23.5 Å². The molecule has 2 aliphatic heterocycles. The van der Waals surface area contributed by atoms with Gasteiger partial charge in [0.25, 0.3) is 20.0 Å². The van der Waals surface area contributed by atoms with Crippen LogP contribution in [0.25, 0.3) is 0 Å². The molecule has 0 spiro atoms. The van der Waals surface area contributed by atoms with Gasteiger partial charge in [-0.2, -0.15) is 26.5 Å². The number of carbonyl (C=O) groups excluding carboxylic acids is 2. The van der Waals surface area contributed by atoms with Crippen LogP contribution in [0.15, 0.2) is 68.5 Å².